The third-order valence-corrected chi connectivity index (χ3v) is 3.58. The zero-order valence-corrected chi connectivity index (χ0v) is 11.6. The predicted octanol–water partition coefficient (Wildman–Crippen LogP) is 2.38. The van der Waals surface area contributed by atoms with Gasteiger partial charge in [-0.05, 0) is 24.8 Å². The lowest BCUT2D eigenvalue weighted by atomic mass is 9.92. The summed E-state index contributed by atoms with van der Waals surface area (Å²) in [7, 11) is 1.83. The molecule has 0 fully saturated rings. The highest BCUT2D eigenvalue weighted by Crippen LogP contribution is 2.23. The zero-order valence-electron chi connectivity index (χ0n) is 11.6. The maximum absolute atomic E-state index is 12.2. The summed E-state index contributed by atoms with van der Waals surface area (Å²) in [6, 6.07) is 10.3. The van der Waals surface area contributed by atoms with E-state index >= 15 is 0 Å². The molecule has 0 saturated heterocycles. The number of benzene rings is 1. The second-order valence-corrected chi connectivity index (χ2v) is 4.81. The molecule has 1 amide bonds. The van der Waals surface area contributed by atoms with Crippen molar-refractivity contribution in [2.75, 3.05) is 13.6 Å². The first-order valence-electron chi connectivity index (χ1n) is 6.60. The maximum Gasteiger partial charge on any atom is 0.223 e. The first-order valence-corrected chi connectivity index (χ1v) is 6.60. The molecule has 0 aromatic heterocycles. The Bertz CT molecular complexity index is 364. The Morgan fingerprint density at radius 2 is 1.94 bits per heavy atom. The first-order chi connectivity index (χ1) is 8.60. The van der Waals surface area contributed by atoms with Crippen molar-refractivity contribution in [2.24, 2.45) is 5.73 Å². The van der Waals surface area contributed by atoms with E-state index in [-0.39, 0.29) is 11.9 Å². The second-order valence-electron chi connectivity index (χ2n) is 4.81. The van der Waals surface area contributed by atoms with Crippen LogP contribution in [0, 0.1) is 0 Å². The lowest BCUT2D eigenvalue weighted by molar-refractivity contribution is -0.131. The summed E-state index contributed by atoms with van der Waals surface area (Å²) < 4.78 is 0. The minimum absolute atomic E-state index is 0.103. The average Bonchev–Trinajstić information content (AvgIpc) is 2.43. The Hall–Kier alpha value is -1.35. The highest BCUT2D eigenvalue weighted by atomic mass is 16.2. The van der Waals surface area contributed by atoms with Crippen molar-refractivity contribution in [3.05, 3.63) is 35.9 Å². The van der Waals surface area contributed by atoms with Gasteiger partial charge >= 0.3 is 0 Å². The number of carbonyl (C=O) groups is 1. The molecule has 0 radical (unpaired) electrons. The molecular formula is C15H24N2O. The van der Waals surface area contributed by atoms with Crippen LogP contribution in [0.15, 0.2) is 30.3 Å². The van der Waals surface area contributed by atoms with E-state index in [0.717, 1.165) is 6.42 Å². The van der Waals surface area contributed by atoms with Gasteiger partial charge in [-0.15, -0.1) is 0 Å². The van der Waals surface area contributed by atoms with Crippen LogP contribution < -0.4 is 5.73 Å². The Kier molecular flexibility index (Phi) is 5.86. The van der Waals surface area contributed by atoms with E-state index < -0.39 is 0 Å². The summed E-state index contributed by atoms with van der Waals surface area (Å²) in [5.74, 6) is 0.467. The molecule has 0 unspecified atom stereocenters. The van der Waals surface area contributed by atoms with E-state index in [1.54, 1.807) is 4.90 Å². The Labute approximate surface area is 110 Å². The number of amides is 1. The Balaban J connectivity index is 2.67. The third kappa shape index (κ3) is 3.84. The van der Waals surface area contributed by atoms with Crippen LogP contribution in [-0.2, 0) is 4.79 Å². The molecule has 0 aliphatic heterocycles. The van der Waals surface area contributed by atoms with E-state index in [1.807, 2.05) is 32.2 Å². The van der Waals surface area contributed by atoms with Crippen LogP contribution in [0.25, 0.3) is 0 Å². The first kappa shape index (κ1) is 14.7. The van der Waals surface area contributed by atoms with Gasteiger partial charge in [0.15, 0.2) is 0 Å². The van der Waals surface area contributed by atoms with Gasteiger partial charge in [-0.3, -0.25) is 4.79 Å². The van der Waals surface area contributed by atoms with Crippen molar-refractivity contribution >= 4 is 5.91 Å². The molecule has 2 N–H and O–H groups in total. The Morgan fingerprint density at radius 3 is 2.44 bits per heavy atom. The number of rotatable bonds is 6. The quantitative estimate of drug-likeness (QED) is 0.840. The minimum atomic E-state index is 0.103. The smallest absolute Gasteiger partial charge is 0.223 e. The van der Waals surface area contributed by atoms with Crippen LogP contribution in [0.2, 0.25) is 0 Å². The summed E-state index contributed by atoms with van der Waals surface area (Å²) in [5.41, 5.74) is 6.83. The molecule has 0 heterocycles. The van der Waals surface area contributed by atoms with Gasteiger partial charge in [-0.2, -0.15) is 0 Å². The number of nitrogens with zero attached hydrogens (tertiary/aromatic N) is 1. The number of hydrogen-bond acceptors (Lipinski definition) is 2. The van der Waals surface area contributed by atoms with Crippen molar-refractivity contribution in [3.8, 4) is 0 Å². The summed E-state index contributed by atoms with van der Waals surface area (Å²) >= 11 is 0. The van der Waals surface area contributed by atoms with Gasteiger partial charge in [0.25, 0.3) is 0 Å². The van der Waals surface area contributed by atoms with Gasteiger partial charge in [0.05, 0.1) is 0 Å². The molecule has 2 atom stereocenters. The van der Waals surface area contributed by atoms with E-state index in [9.17, 15) is 4.79 Å². The fourth-order valence-corrected chi connectivity index (χ4v) is 1.98. The van der Waals surface area contributed by atoms with Gasteiger partial charge in [-0.25, -0.2) is 0 Å². The Morgan fingerprint density at radius 1 is 1.33 bits per heavy atom. The molecule has 0 aliphatic carbocycles. The van der Waals surface area contributed by atoms with Gasteiger partial charge in [-0.1, -0.05) is 37.3 Å². The second kappa shape index (κ2) is 7.17. The van der Waals surface area contributed by atoms with Gasteiger partial charge < -0.3 is 10.6 Å². The van der Waals surface area contributed by atoms with Crippen LogP contribution >= 0.6 is 0 Å². The normalized spacial score (nSPS) is 14.0. The van der Waals surface area contributed by atoms with E-state index in [2.05, 4.69) is 19.1 Å². The molecule has 0 aliphatic rings. The maximum atomic E-state index is 12.2. The molecule has 3 nitrogen and oxygen atoms in total. The number of nitrogens with two attached hydrogens (primary N) is 1. The molecular weight excluding hydrogens is 224 g/mol. The number of carbonyl (C=O) groups excluding carboxylic acids is 1. The monoisotopic (exact) mass is 248 g/mol. The van der Waals surface area contributed by atoms with Crippen molar-refractivity contribution in [1.82, 2.24) is 4.90 Å². The van der Waals surface area contributed by atoms with E-state index in [1.165, 1.54) is 5.56 Å². The van der Waals surface area contributed by atoms with Crippen molar-refractivity contribution < 1.29 is 4.79 Å². The summed E-state index contributed by atoms with van der Waals surface area (Å²) in [6.45, 7) is 4.60. The molecule has 0 spiro atoms. The average molecular weight is 248 g/mol. The topological polar surface area (TPSA) is 46.3 Å². The van der Waals surface area contributed by atoms with E-state index in [4.69, 9.17) is 5.73 Å². The third-order valence-electron chi connectivity index (χ3n) is 3.58. The summed E-state index contributed by atoms with van der Waals surface area (Å²) in [6.07, 6.45) is 1.53. The standard InChI is InChI=1S/C15H24N2O/c1-4-13(14-8-6-5-7-9-14)10-15(18)17(3)12(2)11-16/h5-9,12-13H,4,10-11,16H2,1-3H3/t12-,13+/m1/s1. The summed E-state index contributed by atoms with van der Waals surface area (Å²) in [4.78, 5) is 13.9. The molecule has 1 rings (SSSR count). The van der Waals surface area contributed by atoms with Crippen LogP contribution in [0.3, 0.4) is 0 Å². The molecule has 1 aromatic rings. The van der Waals surface area contributed by atoms with E-state index in [0.29, 0.717) is 18.9 Å². The van der Waals surface area contributed by atoms with Crippen molar-refractivity contribution in [3.63, 3.8) is 0 Å². The van der Waals surface area contributed by atoms with Gasteiger partial charge in [0.2, 0.25) is 5.91 Å². The molecule has 0 bridgehead atoms. The van der Waals surface area contributed by atoms with Crippen LogP contribution in [0.5, 0.6) is 0 Å². The molecule has 100 valence electrons. The predicted molar refractivity (Wildman–Crippen MR) is 75.4 cm³/mol. The van der Waals surface area contributed by atoms with Gasteiger partial charge in [0.1, 0.15) is 0 Å². The fourth-order valence-electron chi connectivity index (χ4n) is 1.98. The largest absolute Gasteiger partial charge is 0.342 e. The summed E-state index contributed by atoms with van der Waals surface area (Å²) in [5, 5.41) is 0. The molecule has 3 heteroatoms. The van der Waals surface area contributed by atoms with Crippen LogP contribution in [0.4, 0.5) is 0 Å². The highest BCUT2D eigenvalue weighted by molar-refractivity contribution is 5.77. The number of likely N-dealkylation sites (N-methyl/N-ethyl adjacent to an activating group) is 1. The van der Waals surface area contributed by atoms with Crippen molar-refractivity contribution in [1.29, 1.82) is 0 Å². The lowest BCUT2D eigenvalue weighted by Gasteiger charge is -2.26. The van der Waals surface area contributed by atoms with Gasteiger partial charge in [0, 0.05) is 26.1 Å². The van der Waals surface area contributed by atoms with Crippen LogP contribution in [0.1, 0.15) is 38.2 Å². The SMILES string of the molecule is CC[C@@H](CC(=O)N(C)[C@H](C)CN)c1ccccc1. The lowest BCUT2D eigenvalue weighted by Crippen LogP contribution is -2.40. The van der Waals surface area contributed by atoms with Crippen LogP contribution in [-0.4, -0.2) is 30.4 Å². The number of hydrogen-bond donors (Lipinski definition) is 1. The minimum Gasteiger partial charge on any atom is -0.342 e. The fraction of sp³-hybridized carbons (Fsp3) is 0.533. The zero-order chi connectivity index (χ0) is 13.5. The molecule has 18 heavy (non-hydrogen) atoms. The molecule has 0 saturated carbocycles. The molecule has 1 aromatic carbocycles. The highest BCUT2D eigenvalue weighted by Gasteiger charge is 2.19. The van der Waals surface area contributed by atoms with Crippen molar-refractivity contribution in [2.45, 2.75) is 38.6 Å².